The minimum atomic E-state index is -0.195. The summed E-state index contributed by atoms with van der Waals surface area (Å²) in [6.45, 7) is 13.2. The van der Waals surface area contributed by atoms with Crippen molar-refractivity contribution in [2.45, 2.75) is 117 Å². The molecule has 184 valence electrons. The number of hydrogen-bond acceptors (Lipinski definition) is 4. The van der Waals surface area contributed by atoms with Crippen molar-refractivity contribution >= 4 is 11.8 Å². The third kappa shape index (κ3) is 3.83. The Labute approximate surface area is 200 Å². The third-order valence-corrected chi connectivity index (χ3v) is 11.0. The van der Waals surface area contributed by atoms with Crippen LogP contribution in [0.3, 0.4) is 0 Å². The van der Waals surface area contributed by atoms with Gasteiger partial charge in [-0.2, -0.15) is 0 Å². The monoisotopic (exact) mass is 456 g/mol. The van der Waals surface area contributed by atoms with Crippen molar-refractivity contribution in [3.8, 4) is 0 Å². The van der Waals surface area contributed by atoms with E-state index in [2.05, 4.69) is 34.6 Å². The first-order valence-corrected chi connectivity index (χ1v) is 13.5. The van der Waals surface area contributed by atoms with E-state index in [-0.39, 0.29) is 29.2 Å². The first-order chi connectivity index (χ1) is 15.5. The summed E-state index contributed by atoms with van der Waals surface area (Å²) in [5, 5.41) is 0. The van der Waals surface area contributed by atoms with Crippen LogP contribution in [0.1, 0.15) is 99.3 Å². The second kappa shape index (κ2) is 7.93. The average Bonchev–Trinajstić information content (AvgIpc) is 3.21. The molecule has 33 heavy (non-hydrogen) atoms. The van der Waals surface area contributed by atoms with Crippen LogP contribution >= 0.6 is 0 Å². The quantitative estimate of drug-likeness (QED) is 0.361. The Hall–Kier alpha value is -1.16. The minimum absolute atomic E-state index is 0.0297. The van der Waals surface area contributed by atoms with Gasteiger partial charge in [-0.15, -0.1) is 0 Å². The molecular formula is C29H44O4. The van der Waals surface area contributed by atoms with E-state index in [1.165, 1.54) is 44.6 Å². The van der Waals surface area contributed by atoms with Gasteiger partial charge in [0.25, 0.3) is 0 Å². The Bertz CT molecular complexity index is 858. The van der Waals surface area contributed by atoms with Gasteiger partial charge in [0.05, 0.1) is 5.60 Å². The van der Waals surface area contributed by atoms with Crippen molar-refractivity contribution in [1.82, 2.24) is 0 Å². The average molecular weight is 457 g/mol. The lowest BCUT2D eigenvalue weighted by molar-refractivity contribution is -0.148. The predicted octanol–water partition coefficient (Wildman–Crippen LogP) is 6.27. The fourth-order valence-corrected chi connectivity index (χ4v) is 9.33. The number of hydrogen-bond donors (Lipinski definition) is 0. The maximum atomic E-state index is 12.1. The van der Waals surface area contributed by atoms with Gasteiger partial charge in [-0.25, -0.2) is 0 Å². The van der Waals surface area contributed by atoms with Gasteiger partial charge in [-0.1, -0.05) is 26.3 Å². The number of ketones is 1. The fraction of sp³-hybridized carbons (Fsp3) is 0.862. The van der Waals surface area contributed by atoms with Gasteiger partial charge >= 0.3 is 5.97 Å². The highest BCUT2D eigenvalue weighted by molar-refractivity contribution is 5.91. The zero-order valence-corrected chi connectivity index (χ0v) is 21.6. The molecule has 0 aromatic heterocycles. The molecule has 5 aliphatic rings. The topological polar surface area (TPSA) is 55.9 Å². The summed E-state index contributed by atoms with van der Waals surface area (Å²) in [5.41, 5.74) is 1.91. The van der Waals surface area contributed by atoms with Gasteiger partial charge in [-0.3, -0.25) is 9.59 Å². The maximum Gasteiger partial charge on any atom is 0.302 e. The normalized spacial score (nSPS) is 45.2. The molecule has 0 bridgehead atoms. The minimum Gasteiger partial charge on any atom is -0.460 e. The Morgan fingerprint density at radius 2 is 1.82 bits per heavy atom. The highest BCUT2D eigenvalue weighted by Gasteiger charge is 2.60. The third-order valence-electron chi connectivity index (χ3n) is 11.0. The Morgan fingerprint density at radius 1 is 1.09 bits per heavy atom. The van der Waals surface area contributed by atoms with Crippen LogP contribution in [0.15, 0.2) is 11.6 Å². The van der Waals surface area contributed by atoms with Gasteiger partial charge in [0.2, 0.25) is 0 Å². The summed E-state index contributed by atoms with van der Waals surface area (Å²) in [6.07, 6.45) is 12.2. The summed E-state index contributed by atoms with van der Waals surface area (Å²) >= 11 is 0. The van der Waals surface area contributed by atoms with Crippen molar-refractivity contribution in [2.24, 2.45) is 40.4 Å². The molecule has 1 heterocycles. The maximum absolute atomic E-state index is 12.1. The van der Waals surface area contributed by atoms with Crippen LogP contribution in [0.4, 0.5) is 0 Å². The Kier molecular flexibility index (Phi) is 5.67. The fourth-order valence-electron chi connectivity index (χ4n) is 9.33. The SMILES string of the molecule is CC(=O)OC(C[C@@H](C)[C@H]1CC[C@H]2[C@@H]3CCC4=CC(=O)CC[C@]4(C)[C@H]3CC[C@]12C)C1OC1(C)C. The molecule has 0 radical (unpaired) electrons. The molecule has 0 N–H and O–H groups in total. The number of fused-ring (bicyclic) bond motifs is 5. The van der Waals surface area contributed by atoms with E-state index in [1.54, 1.807) is 0 Å². The molecule has 4 fully saturated rings. The van der Waals surface area contributed by atoms with E-state index in [4.69, 9.17) is 9.47 Å². The number of esters is 1. The molecule has 9 atom stereocenters. The zero-order chi connectivity index (χ0) is 23.8. The summed E-state index contributed by atoms with van der Waals surface area (Å²) in [5.74, 6) is 3.68. The molecule has 4 nitrogen and oxygen atoms in total. The van der Waals surface area contributed by atoms with Crippen molar-refractivity contribution < 1.29 is 19.1 Å². The van der Waals surface area contributed by atoms with Crippen LogP contribution in [-0.4, -0.2) is 29.6 Å². The van der Waals surface area contributed by atoms with Crippen molar-refractivity contribution in [3.63, 3.8) is 0 Å². The molecule has 4 aliphatic carbocycles. The standard InChI is InChI=1S/C29H44O4/c1-17(15-25(32-18(2)30)26-27(3,4)33-26)22-9-10-23-21-8-7-19-16-20(31)11-13-28(19,5)24(21)12-14-29(22,23)6/h16-17,21-26H,7-15H2,1-6H3/t17-,21+,22-,23+,24+,25?,26?,28+,29-/m1/s1. The second-order valence-electron chi connectivity index (χ2n) is 13.2. The van der Waals surface area contributed by atoms with Crippen LogP contribution in [0, 0.1) is 40.4 Å². The number of rotatable bonds is 5. The summed E-state index contributed by atoms with van der Waals surface area (Å²) in [7, 11) is 0. The molecule has 5 rings (SSSR count). The van der Waals surface area contributed by atoms with E-state index < -0.39 is 0 Å². The molecule has 0 aromatic carbocycles. The zero-order valence-electron chi connectivity index (χ0n) is 21.6. The first kappa shape index (κ1) is 23.6. The number of epoxide rings is 1. The number of carbonyl (C=O) groups excluding carboxylic acids is 2. The van der Waals surface area contributed by atoms with Gasteiger partial charge in [0, 0.05) is 13.3 Å². The summed E-state index contributed by atoms with van der Waals surface area (Å²) < 4.78 is 11.7. The molecule has 4 heteroatoms. The van der Waals surface area contributed by atoms with Crippen LogP contribution in [0.5, 0.6) is 0 Å². The van der Waals surface area contributed by atoms with Gasteiger partial charge < -0.3 is 9.47 Å². The van der Waals surface area contributed by atoms with E-state index >= 15 is 0 Å². The smallest absolute Gasteiger partial charge is 0.302 e. The molecule has 3 saturated carbocycles. The molecule has 0 spiro atoms. The van der Waals surface area contributed by atoms with Gasteiger partial charge in [-0.05, 0) is 112 Å². The van der Waals surface area contributed by atoms with E-state index in [9.17, 15) is 9.59 Å². The Balaban J connectivity index is 1.32. The molecule has 1 aliphatic heterocycles. The summed E-state index contributed by atoms with van der Waals surface area (Å²) in [6, 6.07) is 0. The lowest BCUT2D eigenvalue weighted by atomic mass is 9.46. The number of ether oxygens (including phenoxy) is 2. The molecular weight excluding hydrogens is 412 g/mol. The predicted molar refractivity (Wildman–Crippen MR) is 128 cm³/mol. The second-order valence-corrected chi connectivity index (χ2v) is 13.2. The van der Waals surface area contributed by atoms with Crippen LogP contribution < -0.4 is 0 Å². The van der Waals surface area contributed by atoms with Crippen LogP contribution in [0.25, 0.3) is 0 Å². The Morgan fingerprint density at radius 3 is 2.48 bits per heavy atom. The van der Waals surface area contributed by atoms with Crippen molar-refractivity contribution in [3.05, 3.63) is 11.6 Å². The van der Waals surface area contributed by atoms with Crippen molar-refractivity contribution in [2.75, 3.05) is 0 Å². The molecule has 0 aromatic rings. The largest absolute Gasteiger partial charge is 0.460 e. The summed E-state index contributed by atoms with van der Waals surface area (Å²) in [4.78, 5) is 23.9. The number of allylic oxidation sites excluding steroid dienone is 1. The lowest BCUT2D eigenvalue weighted by Crippen LogP contribution is -2.51. The van der Waals surface area contributed by atoms with E-state index in [0.29, 0.717) is 23.0 Å². The van der Waals surface area contributed by atoms with E-state index in [0.717, 1.165) is 43.4 Å². The first-order valence-electron chi connectivity index (χ1n) is 13.5. The highest BCUT2D eigenvalue weighted by Crippen LogP contribution is 2.67. The van der Waals surface area contributed by atoms with Crippen LogP contribution in [0.2, 0.25) is 0 Å². The van der Waals surface area contributed by atoms with Crippen molar-refractivity contribution in [1.29, 1.82) is 0 Å². The molecule has 2 unspecified atom stereocenters. The van der Waals surface area contributed by atoms with Crippen LogP contribution in [-0.2, 0) is 19.1 Å². The number of carbonyl (C=O) groups is 2. The van der Waals surface area contributed by atoms with E-state index in [1.807, 2.05) is 6.08 Å². The molecule has 1 saturated heterocycles. The van der Waals surface area contributed by atoms with Gasteiger partial charge in [0.15, 0.2) is 5.78 Å². The highest BCUT2D eigenvalue weighted by atomic mass is 16.6. The van der Waals surface area contributed by atoms with Gasteiger partial charge in [0.1, 0.15) is 12.2 Å². The lowest BCUT2D eigenvalue weighted by Gasteiger charge is -2.58. The molecule has 0 amide bonds.